The van der Waals surface area contributed by atoms with Crippen LogP contribution in [0.1, 0.15) is 342 Å². The fourth-order valence-corrected chi connectivity index (χ4v) is 9.61. The Morgan fingerprint density at radius 2 is 0.520 bits per heavy atom. The van der Waals surface area contributed by atoms with Crippen molar-refractivity contribution in [1.29, 1.82) is 0 Å². The van der Waals surface area contributed by atoms with Gasteiger partial charge in [-0.1, -0.05) is 300 Å². The summed E-state index contributed by atoms with van der Waals surface area (Å²) >= 11 is 0. The molecule has 0 aromatic carbocycles. The van der Waals surface area contributed by atoms with Crippen LogP contribution in [-0.2, 0) is 28.6 Å². The molecule has 1 unspecified atom stereocenters. The van der Waals surface area contributed by atoms with E-state index in [0.29, 0.717) is 19.3 Å². The van der Waals surface area contributed by atoms with Gasteiger partial charge in [0.1, 0.15) is 13.2 Å². The zero-order chi connectivity index (χ0) is 54.3. The van der Waals surface area contributed by atoms with E-state index in [4.69, 9.17) is 14.2 Å². The van der Waals surface area contributed by atoms with Crippen molar-refractivity contribution in [2.75, 3.05) is 13.2 Å². The van der Waals surface area contributed by atoms with Crippen LogP contribution in [0, 0.1) is 0 Å². The minimum absolute atomic E-state index is 0.0755. The number of carbonyl (C=O) groups is 3. The molecule has 0 aliphatic rings. The summed E-state index contributed by atoms with van der Waals surface area (Å²) in [6.45, 7) is 6.57. The molecule has 436 valence electrons. The van der Waals surface area contributed by atoms with Crippen LogP contribution in [0.25, 0.3) is 0 Å². The van der Waals surface area contributed by atoms with Crippen LogP contribution in [0.15, 0.2) is 60.8 Å². The van der Waals surface area contributed by atoms with Gasteiger partial charge in [-0.05, 0) is 83.5 Å². The molecular formula is C69H124O6. The van der Waals surface area contributed by atoms with E-state index < -0.39 is 6.10 Å². The van der Waals surface area contributed by atoms with Gasteiger partial charge in [-0.25, -0.2) is 0 Å². The van der Waals surface area contributed by atoms with Crippen molar-refractivity contribution in [3.05, 3.63) is 60.8 Å². The van der Waals surface area contributed by atoms with Crippen molar-refractivity contribution in [3.8, 4) is 0 Å². The molecule has 1 atom stereocenters. The van der Waals surface area contributed by atoms with Crippen molar-refractivity contribution < 1.29 is 28.6 Å². The van der Waals surface area contributed by atoms with E-state index in [-0.39, 0.29) is 31.1 Å². The molecule has 0 amide bonds. The van der Waals surface area contributed by atoms with E-state index in [1.807, 2.05) is 0 Å². The first-order valence-electron chi connectivity index (χ1n) is 32.8. The van der Waals surface area contributed by atoms with Crippen LogP contribution in [0.3, 0.4) is 0 Å². The Bertz CT molecular complexity index is 1340. The van der Waals surface area contributed by atoms with E-state index in [0.717, 1.165) is 89.9 Å². The number of hydrogen-bond acceptors (Lipinski definition) is 6. The molecule has 0 aliphatic carbocycles. The van der Waals surface area contributed by atoms with Gasteiger partial charge >= 0.3 is 17.9 Å². The number of hydrogen-bond donors (Lipinski definition) is 0. The molecule has 0 bridgehead atoms. The molecule has 0 spiro atoms. The number of rotatable bonds is 60. The second kappa shape index (κ2) is 63.6. The van der Waals surface area contributed by atoms with E-state index in [2.05, 4.69) is 81.5 Å². The average Bonchev–Trinajstić information content (AvgIpc) is 3.41. The van der Waals surface area contributed by atoms with Crippen LogP contribution < -0.4 is 0 Å². The van der Waals surface area contributed by atoms with E-state index in [1.54, 1.807) is 0 Å². The minimum Gasteiger partial charge on any atom is -0.462 e. The highest BCUT2D eigenvalue weighted by Crippen LogP contribution is 2.17. The Morgan fingerprint density at radius 3 is 0.827 bits per heavy atom. The first kappa shape index (κ1) is 72.1. The number of esters is 3. The molecule has 0 heterocycles. The van der Waals surface area contributed by atoms with Crippen molar-refractivity contribution in [2.45, 2.75) is 348 Å². The maximum absolute atomic E-state index is 12.9. The largest absolute Gasteiger partial charge is 0.462 e. The Labute approximate surface area is 466 Å². The molecule has 6 nitrogen and oxygen atoms in total. The van der Waals surface area contributed by atoms with Crippen LogP contribution in [-0.4, -0.2) is 37.2 Å². The van der Waals surface area contributed by atoms with Gasteiger partial charge in [0.15, 0.2) is 6.10 Å². The van der Waals surface area contributed by atoms with Gasteiger partial charge in [-0.3, -0.25) is 14.4 Å². The third kappa shape index (κ3) is 61.8. The summed E-state index contributed by atoms with van der Waals surface area (Å²) in [5, 5.41) is 0. The lowest BCUT2D eigenvalue weighted by molar-refractivity contribution is -0.167. The molecule has 0 saturated carbocycles. The Hall–Kier alpha value is -2.89. The predicted octanol–water partition coefficient (Wildman–Crippen LogP) is 22.3. The van der Waals surface area contributed by atoms with Gasteiger partial charge in [-0.2, -0.15) is 0 Å². The van der Waals surface area contributed by atoms with Crippen molar-refractivity contribution in [2.24, 2.45) is 0 Å². The molecule has 75 heavy (non-hydrogen) atoms. The van der Waals surface area contributed by atoms with Gasteiger partial charge in [0, 0.05) is 19.3 Å². The topological polar surface area (TPSA) is 78.9 Å². The zero-order valence-corrected chi connectivity index (χ0v) is 50.1. The van der Waals surface area contributed by atoms with Crippen molar-refractivity contribution in [1.82, 2.24) is 0 Å². The fraction of sp³-hybridized carbons (Fsp3) is 0.812. The molecule has 0 radical (unpaired) electrons. The van der Waals surface area contributed by atoms with Crippen molar-refractivity contribution >= 4 is 17.9 Å². The lowest BCUT2D eigenvalue weighted by Crippen LogP contribution is -2.30. The van der Waals surface area contributed by atoms with Gasteiger partial charge in [0.25, 0.3) is 0 Å². The number of ether oxygens (including phenoxy) is 3. The third-order valence-electron chi connectivity index (χ3n) is 14.5. The standard InChI is InChI=1S/C69H124O6/c1-4-7-10-13-16-19-22-25-28-31-33-34-35-36-37-39-41-44-47-50-53-56-59-62-68(71)74-65-66(64-73-67(70)61-58-55-52-49-46-43-40-30-27-24-21-18-15-12-9-6-3)75-69(72)63-60-57-54-51-48-45-42-38-32-29-26-23-20-17-14-11-8-5-2/h7,10,16,19,25,28,30,33-34,40,66H,4-6,8-9,11-15,17-18,20-24,26-27,29,31-32,35-39,41-65H2,1-3H3/b10-7-,19-16-,28-25-,34-33-,40-30-. The molecule has 0 aromatic heterocycles. The SMILES string of the molecule is CC/C=C\C/C=C\C/C=C\C/C=C\CCCCCCCCCCCCC(=O)OCC(COC(=O)CCCCCCC/C=C\CCCCCCCCC)OC(=O)CCCCCCCCCCCCCCCCCCCC. The van der Waals surface area contributed by atoms with Gasteiger partial charge in [0.2, 0.25) is 0 Å². The number of unbranched alkanes of at least 4 members (excludes halogenated alkanes) is 39. The van der Waals surface area contributed by atoms with Gasteiger partial charge in [-0.15, -0.1) is 0 Å². The molecule has 0 rings (SSSR count). The molecule has 0 aromatic rings. The zero-order valence-electron chi connectivity index (χ0n) is 50.1. The summed E-state index contributed by atoms with van der Waals surface area (Å²) in [6.07, 6.45) is 80.8. The minimum atomic E-state index is -0.778. The van der Waals surface area contributed by atoms with E-state index in [1.165, 1.54) is 212 Å². The normalized spacial score (nSPS) is 12.4. The summed E-state index contributed by atoms with van der Waals surface area (Å²) < 4.78 is 17.0. The first-order chi connectivity index (χ1) is 37.0. The third-order valence-corrected chi connectivity index (χ3v) is 14.5. The van der Waals surface area contributed by atoms with Gasteiger partial charge in [0.05, 0.1) is 0 Å². The molecular weight excluding hydrogens is 925 g/mol. The second-order valence-electron chi connectivity index (χ2n) is 22.0. The fourth-order valence-electron chi connectivity index (χ4n) is 9.61. The Kier molecular flexibility index (Phi) is 61.2. The lowest BCUT2D eigenvalue weighted by atomic mass is 10.0. The number of allylic oxidation sites excluding steroid dienone is 10. The highest BCUT2D eigenvalue weighted by Gasteiger charge is 2.19. The summed E-state index contributed by atoms with van der Waals surface area (Å²) in [5.41, 5.74) is 0. The smallest absolute Gasteiger partial charge is 0.306 e. The van der Waals surface area contributed by atoms with Crippen LogP contribution >= 0.6 is 0 Å². The summed E-state index contributed by atoms with van der Waals surface area (Å²) in [7, 11) is 0. The van der Waals surface area contributed by atoms with E-state index >= 15 is 0 Å². The van der Waals surface area contributed by atoms with Crippen LogP contribution in [0.4, 0.5) is 0 Å². The summed E-state index contributed by atoms with van der Waals surface area (Å²) in [5.74, 6) is -0.866. The average molecular weight is 1050 g/mol. The van der Waals surface area contributed by atoms with Crippen LogP contribution in [0.2, 0.25) is 0 Å². The molecule has 0 fully saturated rings. The predicted molar refractivity (Wildman–Crippen MR) is 325 cm³/mol. The molecule has 6 heteroatoms. The van der Waals surface area contributed by atoms with Crippen LogP contribution in [0.5, 0.6) is 0 Å². The maximum atomic E-state index is 12.9. The molecule has 0 aliphatic heterocycles. The monoisotopic (exact) mass is 1050 g/mol. The second-order valence-corrected chi connectivity index (χ2v) is 22.0. The Morgan fingerprint density at radius 1 is 0.280 bits per heavy atom. The molecule has 0 saturated heterocycles. The first-order valence-corrected chi connectivity index (χ1v) is 32.8. The Balaban J connectivity index is 4.33. The highest BCUT2D eigenvalue weighted by atomic mass is 16.6. The highest BCUT2D eigenvalue weighted by molar-refractivity contribution is 5.71. The number of carbonyl (C=O) groups excluding carboxylic acids is 3. The molecule has 0 N–H and O–H groups in total. The summed E-state index contributed by atoms with van der Waals surface area (Å²) in [6, 6.07) is 0. The lowest BCUT2D eigenvalue weighted by Gasteiger charge is -2.18. The summed E-state index contributed by atoms with van der Waals surface area (Å²) in [4.78, 5) is 38.4. The van der Waals surface area contributed by atoms with E-state index in [9.17, 15) is 14.4 Å². The van der Waals surface area contributed by atoms with Crippen molar-refractivity contribution in [3.63, 3.8) is 0 Å². The maximum Gasteiger partial charge on any atom is 0.306 e. The van der Waals surface area contributed by atoms with Gasteiger partial charge < -0.3 is 14.2 Å². The quantitative estimate of drug-likeness (QED) is 0.0261.